The first-order valence-electron chi connectivity index (χ1n) is 4.54. The third-order valence-electron chi connectivity index (χ3n) is 1.58. The second kappa shape index (κ2) is 7.25. The second-order valence-electron chi connectivity index (χ2n) is 3.29. The van der Waals surface area contributed by atoms with Crippen molar-refractivity contribution in [1.82, 2.24) is 5.32 Å². The smallest absolute Gasteiger partial charge is 0.119 e. The first-order valence-corrected chi connectivity index (χ1v) is 4.54. The number of rotatable bonds is 7. The van der Waals surface area contributed by atoms with E-state index in [1.165, 1.54) is 0 Å². The molecule has 0 aromatic heterocycles. The minimum absolute atomic E-state index is 0.311. The highest BCUT2D eigenvalue weighted by molar-refractivity contribution is 5.48. The molecule has 0 aliphatic rings. The molecule has 0 spiro atoms. The number of hydrogen-bond acceptors (Lipinski definition) is 3. The van der Waals surface area contributed by atoms with Gasteiger partial charge in [0.15, 0.2) is 0 Å². The quantitative estimate of drug-likeness (QED) is 0.344. The Balaban J connectivity index is 3.19. The molecule has 1 atom stereocenters. The summed E-state index contributed by atoms with van der Waals surface area (Å²) >= 11 is 0. The zero-order valence-corrected chi connectivity index (χ0v) is 7.92. The van der Waals surface area contributed by atoms with E-state index in [0.29, 0.717) is 12.5 Å². The number of unbranched alkanes of at least 4 members (excludes halogenated alkanes) is 2. The van der Waals surface area contributed by atoms with Gasteiger partial charge in [0.1, 0.15) is 12.5 Å². The molecule has 0 saturated carbocycles. The lowest BCUT2D eigenvalue weighted by Crippen LogP contribution is -2.34. The van der Waals surface area contributed by atoms with Crippen LogP contribution in [0.3, 0.4) is 0 Å². The summed E-state index contributed by atoms with van der Waals surface area (Å²) in [5.41, 5.74) is 0. The summed E-state index contributed by atoms with van der Waals surface area (Å²) in [6.45, 7) is 3.99. The summed E-state index contributed by atoms with van der Waals surface area (Å²) in [7, 11) is 0. The van der Waals surface area contributed by atoms with Gasteiger partial charge in [-0.25, -0.2) is 0 Å². The summed E-state index contributed by atoms with van der Waals surface area (Å²) in [6.07, 6.45) is 3.61. The van der Waals surface area contributed by atoms with Gasteiger partial charge in [-0.1, -0.05) is 0 Å². The molecule has 2 N–H and O–H groups in total. The molecule has 3 nitrogen and oxygen atoms in total. The van der Waals surface area contributed by atoms with E-state index < -0.39 is 6.23 Å². The molecule has 3 heteroatoms. The Morgan fingerprint density at radius 3 is 2.58 bits per heavy atom. The fourth-order valence-electron chi connectivity index (χ4n) is 1.03. The van der Waals surface area contributed by atoms with Gasteiger partial charge in [0.25, 0.3) is 0 Å². The summed E-state index contributed by atoms with van der Waals surface area (Å²) in [5.74, 6) is 0. The van der Waals surface area contributed by atoms with Crippen LogP contribution in [0, 0.1) is 0 Å². The highest BCUT2D eigenvalue weighted by Gasteiger charge is 2.03. The molecule has 0 saturated heterocycles. The first kappa shape index (κ1) is 11.6. The molecule has 0 aromatic carbocycles. The molecule has 0 aliphatic carbocycles. The van der Waals surface area contributed by atoms with Gasteiger partial charge in [-0.3, -0.25) is 5.32 Å². The van der Waals surface area contributed by atoms with Crippen LogP contribution in [0.5, 0.6) is 0 Å². The average molecular weight is 173 g/mol. The van der Waals surface area contributed by atoms with E-state index in [9.17, 15) is 9.90 Å². The van der Waals surface area contributed by atoms with Gasteiger partial charge in [0.2, 0.25) is 0 Å². The molecule has 0 amide bonds. The Morgan fingerprint density at radius 1 is 1.42 bits per heavy atom. The van der Waals surface area contributed by atoms with E-state index in [0.717, 1.165) is 25.5 Å². The fraction of sp³-hybridized carbons (Fsp3) is 0.889. The Labute approximate surface area is 74.2 Å². The van der Waals surface area contributed by atoms with E-state index in [4.69, 9.17) is 0 Å². The molecule has 72 valence electrons. The zero-order valence-electron chi connectivity index (χ0n) is 7.92. The largest absolute Gasteiger partial charge is 0.379 e. The van der Waals surface area contributed by atoms with Crippen molar-refractivity contribution < 1.29 is 9.90 Å². The number of nitrogens with one attached hydrogen (secondary N) is 1. The predicted octanol–water partition coefficient (Wildman–Crippen LogP) is 1.06. The number of carbonyl (C=O) groups excluding carboxylic acids is 1. The maximum Gasteiger partial charge on any atom is 0.119 e. The highest BCUT2D eigenvalue weighted by Crippen LogP contribution is 2.01. The summed E-state index contributed by atoms with van der Waals surface area (Å²) < 4.78 is 0. The van der Waals surface area contributed by atoms with Crippen molar-refractivity contribution in [3.63, 3.8) is 0 Å². The number of hydrogen-bond donors (Lipinski definition) is 2. The Bertz CT molecular complexity index is 115. The van der Waals surface area contributed by atoms with Gasteiger partial charge in [-0.15, -0.1) is 0 Å². The topological polar surface area (TPSA) is 49.3 Å². The SMILES string of the molecule is CC(C)NC(O)CCCCC=O. The number of carbonyl (C=O) groups is 1. The minimum Gasteiger partial charge on any atom is -0.379 e. The summed E-state index contributed by atoms with van der Waals surface area (Å²) in [5, 5.41) is 12.3. The van der Waals surface area contributed by atoms with Crippen LogP contribution in [0.15, 0.2) is 0 Å². The molecule has 1 unspecified atom stereocenters. The van der Waals surface area contributed by atoms with Gasteiger partial charge in [-0.05, 0) is 33.1 Å². The lowest BCUT2D eigenvalue weighted by molar-refractivity contribution is -0.108. The van der Waals surface area contributed by atoms with Crippen molar-refractivity contribution >= 4 is 6.29 Å². The van der Waals surface area contributed by atoms with Crippen LogP contribution >= 0.6 is 0 Å². The Morgan fingerprint density at radius 2 is 2.08 bits per heavy atom. The van der Waals surface area contributed by atoms with Crippen molar-refractivity contribution in [3.05, 3.63) is 0 Å². The van der Waals surface area contributed by atoms with E-state index in [2.05, 4.69) is 5.32 Å². The predicted molar refractivity (Wildman–Crippen MR) is 48.8 cm³/mol. The standard InChI is InChI=1S/C9H19NO2/c1-8(2)10-9(12)6-4-3-5-7-11/h7-10,12H,3-6H2,1-2H3. The number of aldehydes is 1. The van der Waals surface area contributed by atoms with Crippen molar-refractivity contribution in [2.24, 2.45) is 0 Å². The minimum atomic E-state index is -0.420. The van der Waals surface area contributed by atoms with Crippen molar-refractivity contribution in [2.45, 2.75) is 51.8 Å². The van der Waals surface area contributed by atoms with Gasteiger partial charge in [0.05, 0.1) is 0 Å². The third-order valence-corrected chi connectivity index (χ3v) is 1.58. The molecule has 0 radical (unpaired) electrons. The normalized spacial score (nSPS) is 13.3. The van der Waals surface area contributed by atoms with E-state index in [-0.39, 0.29) is 0 Å². The molecule has 12 heavy (non-hydrogen) atoms. The molecule has 0 rings (SSSR count). The van der Waals surface area contributed by atoms with Crippen molar-refractivity contribution in [2.75, 3.05) is 0 Å². The highest BCUT2D eigenvalue weighted by atomic mass is 16.3. The van der Waals surface area contributed by atoms with Crippen LogP contribution < -0.4 is 5.32 Å². The lowest BCUT2D eigenvalue weighted by Gasteiger charge is -2.14. The summed E-state index contributed by atoms with van der Waals surface area (Å²) in [6, 6.07) is 0.311. The maximum atomic E-state index is 9.95. The summed E-state index contributed by atoms with van der Waals surface area (Å²) in [4.78, 5) is 9.95. The second-order valence-corrected chi connectivity index (χ2v) is 3.29. The fourth-order valence-corrected chi connectivity index (χ4v) is 1.03. The first-order chi connectivity index (χ1) is 5.66. The molecule has 0 heterocycles. The molecule has 0 aromatic rings. The van der Waals surface area contributed by atoms with Crippen LogP contribution in [-0.4, -0.2) is 23.7 Å². The Kier molecular flexibility index (Phi) is 7.00. The van der Waals surface area contributed by atoms with Crippen LogP contribution in [0.1, 0.15) is 39.5 Å². The van der Waals surface area contributed by atoms with Gasteiger partial charge < -0.3 is 9.90 Å². The molecular weight excluding hydrogens is 154 g/mol. The Hall–Kier alpha value is -0.410. The molecular formula is C9H19NO2. The van der Waals surface area contributed by atoms with Gasteiger partial charge in [-0.2, -0.15) is 0 Å². The lowest BCUT2D eigenvalue weighted by atomic mass is 10.2. The van der Waals surface area contributed by atoms with Crippen molar-refractivity contribution in [3.8, 4) is 0 Å². The van der Waals surface area contributed by atoms with E-state index in [1.807, 2.05) is 13.8 Å². The van der Waals surface area contributed by atoms with Crippen LogP contribution in [-0.2, 0) is 4.79 Å². The van der Waals surface area contributed by atoms with E-state index in [1.54, 1.807) is 0 Å². The van der Waals surface area contributed by atoms with Gasteiger partial charge >= 0.3 is 0 Å². The monoisotopic (exact) mass is 173 g/mol. The molecule has 0 fully saturated rings. The number of aliphatic hydroxyl groups excluding tert-OH is 1. The van der Waals surface area contributed by atoms with E-state index >= 15 is 0 Å². The molecule has 0 bridgehead atoms. The van der Waals surface area contributed by atoms with Crippen LogP contribution in [0.4, 0.5) is 0 Å². The van der Waals surface area contributed by atoms with Crippen LogP contribution in [0.25, 0.3) is 0 Å². The maximum absolute atomic E-state index is 9.95. The zero-order chi connectivity index (χ0) is 9.40. The van der Waals surface area contributed by atoms with Gasteiger partial charge in [0, 0.05) is 12.5 Å². The third kappa shape index (κ3) is 7.69. The average Bonchev–Trinajstić information content (AvgIpc) is 1.97. The molecule has 0 aliphatic heterocycles. The number of aliphatic hydroxyl groups is 1. The van der Waals surface area contributed by atoms with Crippen LogP contribution in [0.2, 0.25) is 0 Å². The van der Waals surface area contributed by atoms with Crippen molar-refractivity contribution in [1.29, 1.82) is 0 Å².